The van der Waals surface area contributed by atoms with Gasteiger partial charge in [-0.25, -0.2) is 0 Å². The van der Waals surface area contributed by atoms with Crippen LogP contribution >= 0.6 is 0 Å². The zero-order valence-electron chi connectivity index (χ0n) is 14.0. The molecule has 0 nitrogen and oxygen atoms in total. The Labute approximate surface area is 143 Å². The van der Waals surface area contributed by atoms with Crippen molar-refractivity contribution >= 4 is 12.2 Å². The van der Waals surface area contributed by atoms with E-state index >= 15 is 0 Å². The van der Waals surface area contributed by atoms with Crippen molar-refractivity contribution in [1.29, 1.82) is 0 Å². The molecule has 2 aromatic rings. The first-order valence-electron chi connectivity index (χ1n) is 8.22. The second-order valence-corrected chi connectivity index (χ2v) is 14.4. The van der Waals surface area contributed by atoms with E-state index in [9.17, 15) is 0 Å². The van der Waals surface area contributed by atoms with Crippen LogP contribution in [0.5, 0.6) is 0 Å². The van der Waals surface area contributed by atoms with Crippen LogP contribution in [0.25, 0.3) is 12.2 Å². The van der Waals surface area contributed by atoms with Gasteiger partial charge in [-0.15, -0.1) is 13.2 Å². The molecular weight excluding hydrogens is 312 g/mol. The molecule has 0 bridgehead atoms. The van der Waals surface area contributed by atoms with Gasteiger partial charge in [0, 0.05) is 0 Å². The fourth-order valence-corrected chi connectivity index (χ4v) is 9.77. The minimum absolute atomic E-state index is 0.669. The van der Waals surface area contributed by atoms with Crippen molar-refractivity contribution in [3.05, 3.63) is 96.1 Å². The van der Waals surface area contributed by atoms with E-state index < -0.39 is 16.6 Å². The molecule has 0 aromatic heterocycles. The van der Waals surface area contributed by atoms with E-state index in [1.54, 1.807) is 11.1 Å². The van der Waals surface area contributed by atoms with Crippen LogP contribution in [0.2, 0.25) is 10.5 Å². The fourth-order valence-electron chi connectivity index (χ4n) is 3.99. The van der Waals surface area contributed by atoms with Crippen LogP contribution in [0, 0.1) is 0 Å². The van der Waals surface area contributed by atoms with Gasteiger partial charge in [0.1, 0.15) is 0 Å². The van der Waals surface area contributed by atoms with Gasteiger partial charge in [-0.2, -0.15) is 0 Å². The number of benzene rings is 2. The molecule has 4 rings (SSSR count). The van der Waals surface area contributed by atoms with E-state index in [1.807, 2.05) is 0 Å². The van der Waals surface area contributed by atoms with Crippen LogP contribution in [0.15, 0.2) is 73.8 Å². The maximum absolute atomic E-state index is 3.00. The molecule has 23 heavy (non-hydrogen) atoms. The normalized spacial score (nSPS) is 20.6. The minimum atomic E-state index is -2.10. The average molecular weight is 336 g/mol. The molecule has 1 heteroatoms. The van der Waals surface area contributed by atoms with E-state index in [2.05, 4.69) is 96.4 Å². The van der Waals surface area contributed by atoms with Gasteiger partial charge >= 0.3 is 131 Å². The summed E-state index contributed by atoms with van der Waals surface area (Å²) in [6, 6.07) is 17.8. The van der Waals surface area contributed by atoms with Crippen LogP contribution in [0.3, 0.4) is 0 Å². The van der Waals surface area contributed by atoms with E-state index in [0.717, 1.165) is 0 Å². The van der Waals surface area contributed by atoms with E-state index in [-0.39, 0.29) is 0 Å². The Balaban J connectivity index is 0.000000753. The van der Waals surface area contributed by atoms with Crippen LogP contribution in [0.4, 0.5) is 0 Å². The van der Waals surface area contributed by atoms with Gasteiger partial charge in [0.2, 0.25) is 0 Å². The summed E-state index contributed by atoms with van der Waals surface area (Å²) in [5, 5.41) is 5.18. The molecule has 0 amide bonds. The molecule has 2 aliphatic carbocycles. The van der Waals surface area contributed by atoms with Crippen LogP contribution in [-0.4, -0.2) is 0 Å². The molecule has 0 heterocycles. The zero-order chi connectivity index (χ0) is 16.4. The van der Waals surface area contributed by atoms with Crippen LogP contribution in [-0.2, 0) is 16.6 Å². The molecule has 2 aromatic carbocycles. The van der Waals surface area contributed by atoms with Gasteiger partial charge in [0.25, 0.3) is 0 Å². The molecule has 0 N–H and O–H groups in total. The third kappa shape index (κ3) is 2.71. The molecule has 2 unspecified atom stereocenters. The van der Waals surface area contributed by atoms with Crippen molar-refractivity contribution in [2.24, 2.45) is 0 Å². The molecule has 116 valence electrons. The van der Waals surface area contributed by atoms with Crippen molar-refractivity contribution in [1.82, 2.24) is 0 Å². The summed E-state index contributed by atoms with van der Waals surface area (Å²) in [6.07, 6.45) is 9.61. The first-order chi connectivity index (χ1) is 11.2. The van der Waals surface area contributed by atoms with Crippen molar-refractivity contribution < 1.29 is 16.6 Å². The third-order valence-electron chi connectivity index (χ3n) is 5.20. The summed E-state index contributed by atoms with van der Waals surface area (Å²) in [5.74, 6) is 0. The first-order valence-corrected chi connectivity index (χ1v) is 13.1. The summed E-state index contributed by atoms with van der Waals surface area (Å²) in [6.45, 7) is 6.00. The second kappa shape index (κ2) is 6.47. The molecular formula is C22H24Ti. The molecule has 0 radical (unpaired) electrons. The number of hydrogen-bond donors (Lipinski definition) is 0. The van der Waals surface area contributed by atoms with E-state index in [1.165, 1.54) is 11.1 Å². The SMILES string of the molecule is C=C.[CH3][Ti]([CH3])([CH]1C=Cc2ccccc21)[CH]1C=Cc2ccccc21. The quantitative estimate of drug-likeness (QED) is 0.429. The molecule has 0 spiro atoms. The zero-order valence-corrected chi connectivity index (χ0v) is 15.6. The summed E-state index contributed by atoms with van der Waals surface area (Å²) in [4.78, 5) is 0. The summed E-state index contributed by atoms with van der Waals surface area (Å²) in [7, 11) is 0. The monoisotopic (exact) mass is 336 g/mol. The molecule has 0 saturated carbocycles. The first kappa shape index (κ1) is 16.2. The Hall–Kier alpha value is -1.63. The number of hydrogen-bond acceptors (Lipinski definition) is 0. The molecule has 2 atom stereocenters. The van der Waals surface area contributed by atoms with Gasteiger partial charge in [-0.1, -0.05) is 0 Å². The Morgan fingerprint density at radius 3 is 1.52 bits per heavy atom. The van der Waals surface area contributed by atoms with E-state index in [4.69, 9.17) is 0 Å². The van der Waals surface area contributed by atoms with Crippen molar-refractivity contribution in [3.8, 4) is 0 Å². The second-order valence-electron chi connectivity index (χ2n) is 6.75. The van der Waals surface area contributed by atoms with Crippen molar-refractivity contribution in [2.45, 2.75) is 18.9 Å². The Bertz CT molecular complexity index is 704. The van der Waals surface area contributed by atoms with Gasteiger partial charge < -0.3 is 0 Å². The Morgan fingerprint density at radius 1 is 0.696 bits per heavy atom. The van der Waals surface area contributed by atoms with Gasteiger partial charge in [0.05, 0.1) is 0 Å². The number of fused-ring (bicyclic) bond motifs is 2. The van der Waals surface area contributed by atoms with Crippen LogP contribution in [0.1, 0.15) is 30.7 Å². The summed E-state index contributed by atoms with van der Waals surface area (Å²) < 4.78 is 1.34. The van der Waals surface area contributed by atoms with Gasteiger partial charge in [-0.3, -0.25) is 0 Å². The maximum atomic E-state index is 3.00. The standard InChI is InChI=1S/2C9H7.C2H4.2CH3.Ti/c2*1-2-5-9-7-3-6-8(9)4-1;1-2;;;/h2*1-7H;1-2H2;2*1H3;. The average Bonchev–Trinajstić information content (AvgIpc) is 3.21. The fraction of sp³-hybridized carbons (Fsp3) is 0.182. The number of allylic oxidation sites excluding steroid dienone is 2. The number of rotatable bonds is 2. The Morgan fingerprint density at radius 2 is 1.09 bits per heavy atom. The molecule has 0 saturated heterocycles. The molecule has 2 aliphatic rings. The van der Waals surface area contributed by atoms with Crippen molar-refractivity contribution in [2.75, 3.05) is 0 Å². The predicted molar refractivity (Wildman–Crippen MR) is 99.4 cm³/mol. The van der Waals surface area contributed by atoms with Gasteiger partial charge in [-0.05, 0) is 0 Å². The summed E-state index contributed by atoms with van der Waals surface area (Å²) >= 11 is -2.10. The summed E-state index contributed by atoms with van der Waals surface area (Å²) in [5.41, 5.74) is 5.97. The Kier molecular flexibility index (Phi) is 4.57. The molecule has 0 fully saturated rings. The van der Waals surface area contributed by atoms with E-state index in [0.29, 0.717) is 8.45 Å². The van der Waals surface area contributed by atoms with Crippen molar-refractivity contribution in [3.63, 3.8) is 0 Å². The third-order valence-corrected chi connectivity index (χ3v) is 11.8. The van der Waals surface area contributed by atoms with Crippen LogP contribution < -0.4 is 0 Å². The predicted octanol–water partition coefficient (Wildman–Crippen LogP) is 6.57. The van der Waals surface area contributed by atoms with Gasteiger partial charge in [0.15, 0.2) is 0 Å². The molecule has 0 aliphatic heterocycles. The topological polar surface area (TPSA) is 0 Å².